The Morgan fingerprint density at radius 3 is 2.55 bits per heavy atom. The average Bonchev–Trinajstić information content (AvgIpc) is 3.26. The summed E-state index contributed by atoms with van der Waals surface area (Å²) in [6.45, 7) is 6.73. The lowest BCUT2D eigenvalue weighted by Crippen LogP contribution is -2.28. The van der Waals surface area contributed by atoms with Crippen molar-refractivity contribution in [3.8, 4) is 0 Å². The monoisotopic (exact) mass is 314 g/mol. The molecule has 1 aliphatic heterocycles. The summed E-state index contributed by atoms with van der Waals surface area (Å²) in [5.74, 6) is -0.0681. The highest BCUT2D eigenvalue weighted by atomic mass is 16.6. The van der Waals surface area contributed by atoms with Gasteiger partial charge in [0.2, 0.25) is 0 Å². The zero-order valence-corrected chi connectivity index (χ0v) is 13.0. The second-order valence-corrected chi connectivity index (χ2v) is 4.47. The van der Waals surface area contributed by atoms with E-state index in [4.69, 9.17) is 0 Å². The van der Waals surface area contributed by atoms with Gasteiger partial charge in [0.1, 0.15) is 5.82 Å². The fraction of sp³-hybridized carbons (Fsp3) is 0.643. The van der Waals surface area contributed by atoms with Crippen LogP contribution in [-0.2, 0) is 30.3 Å². The van der Waals surface area contributed by atoms with Crippen molar-refractivity contribution in [2.75, 3.05) is 19.8 Å². The van der Waals surface area contributed by atoms with Crippen LogP contribution in [0.1, 0.15) is 19.7 Å². The van der Waals surface area contributed by atoms with Crippen LogP contribution in [0, 0.1) is 6.92 Å². The minimum absolute atomic E-state index is 0.185. The second-order valence-electron chi connectivity index (χ2n) is 4.47. The number of hydrogen-bond donors (Lipinski definition) is 1. The molecule has 2 unspecified atom stereocenters. The van der Waals surface area contributed by atoms with E-state index in [0.29, 0.717) is 13.2 Å². The smallest absolute Gasteiger partial charge is 0.337 e. The fourth-order valence-electron chi connectivity index (χ4n) is 1.52. The summed E-state index contributed by atoms with van der Waals surface area (Å²) in [6.07, 6.45) is 1.96. The minimum Gasteiger partial charge on any atom is -0.464 e. The lowest BCUT2D eigenvalue weighted by molar-refractivity contribution is -0.153. The Balaban J connectivity index is 0.000000255. The summed E-state index contributed by atoms with van der Waals surface area (Å²) in [6, 6.07) is 0. The summed E-state index contributed by atoms with van der Waals surface area (Å²) in [5, 5.41) is 9.42. The Morgan fingerprint density at radius 1 is 1.45 bits per heavy atom. The molecule has 8 heteroatoms. The van der Waals surface area contributed by atoms with E-state index in [2.05, 4.69) is 19.2 Å². The molecular weight excluding hydrogens is 292 g/mol. The predicted octanol–water partition coefficient (Wildman–Crippen LogP) is 0.0638. The molecule has 0 spiro atoms. The lowest BCUT2D eigenvalue weighted by Gasteiger charge is -2.10. The maximum Gasteiger partial charge on any atom is 0.337 e. The molecule has 1 fully saturated rings. The third kappa shape index (κ3) is 6.23. The number of aliphatic hydroxyl groups excluding tert-OH is 1. The number of carbonyl (C=O) groups excluding carboxylic acids is 2. The van der Waals surface area contributed by atoms with Gasteiger partial charge in [0.25, 0.3) is 0 Å². The number of carbonyl (C=O) groups is 2. The normalized spacial score (nSPS) is 17.0. The van der Waals surface area contributed by atoms with Gasteiger partial charge in [0.15, 0.2) is 12.2 Å². The van der Waals surface area contributed by atoms with Gasteiger partial charge < -0.3 is 23.9 Å². The molecule has 0 saturated carbocycles. The van der Waals surface area contributed by atoms with E-state index in [9.17, 15) is 14.7 Å². The maximum absolute atomic E-state index is 11.1. The van der Waals surface area contributed by atoms with Gasteiger partial charge in [-0.25, -0.2) is 14.6 Å². The van der Waals surface area contributed by atoms with E-state index in [1.54, 1.807) is 37.7 Å². The number of esters is 2. The van der Waals surface area contributed by atoms with E-state index in [0.717, 1.165) is 5.82 Å². The Hall–Kier alpha value is -1.93. The van der Waals surface area contributed by atoms with Crippen molar-refractivity contribution >= 4 is 11.9 Å². The molecule has 0 amide bonds. The zero-order chi connectivity index (χ0) is 16.5. The number of imidazole rings is 1. The molecular formula is C14H22N2O6. The van der Waals surface area contributed by atoms with Gasteiger partial charge in [-0.05, 0) is 20.8 Å². The first kappa shape index (κ1) is 18.1. The third-order valence-electron chi connectivity index (χ3n) is 2.73. The van der Waals surface area contributed by atoms with E-state index >= 15 is 0 Å². The molecule has 0 radical (unpaired) electrons. The maximum atomic E-state index is 11.1. The molecule has 1 N–H and O–H groups in total. The summed E-state index contributed by atoms with van der Waals surface area (Å²) in [5.41, 5.74) is 0. The van der Waals surface area contributed by atoms with Crippen LogP contribution in [-0.4, -0.2) is 58.6 Å². The summed E-state index contributed by atoms with van der Waals surface area (Å²) in [7, 11) is 0. The fourth-order valence-corrected chi connectivity index (χ4v) is 1.52. The van der Waals surface area contributed by atoms with Crippen molar-refractivity contribution < 1.29 is 28.9 Å². The number of ether oxygens (including phenoxy) is 3. The first-order valence-corrected chi connectivity index (χ1v) is 7.10. The number of nitrogens with zero attached hydrogens (tertiary/aromatic N) is 2. The van der Waals surface area contributed by atoms with E-state index in [1.807, 2.05) is 0 Å². The highest BCUT2D eigenvalue weighted by molar-refractivity contribution is 5.76. The predicted molar refractivity (Wildman–Crippen MR) is 76.0 cm³/mol. The second kappa shape index (κ2) is 9.16. The molecule has 22 heavy (non-hydrogen) atoms. The molecule has 1 aromatic heterocycles. The van der Waals surface area contributed by atoms with Gasteiger partial charge in [-0.2, -0.15) is 0 Å². The number of epoxide rings is 1. The van der Waals surface area contributed by atoms with Gasteiger partial charge in [0, 0.05) is 12.4 Å². The van der Waals surface area contributed by atoms with Crippen molar-refractivity contribution in [3.05, 3.63) is 18.2 Å². The molecule has 2 atom stereocenters. The Morgan fingerprint density at radius 2 is 2.09 bits per heavy atom. The van der Waals surface area contributed by atoms with E-state index < -0.39 is 12.1 Å². The minimum atomic E-state index is -1.12. The Kier molecular flexibility index (Phi) is 7.55. The number of rotatable bonds is 6. The van der Waals surface area contributed by atoms with Gasteiger partial charge in [0.05, 0.1) is 26.4 Å². The van der Waals surface area contributed by atoms with Crippen molar-refractivity contribution in [2.45, 2.75) is 39.5 Å². The zero-order valence-electron chi connectivity index (χ0n) is 13.0. The van der Waals surface area contributed by atoms with Crippen LogP contribution in [0.15, 0.2) is 12.4 Å². The molecule has 2 heterocycles. The molecule has 0 bridgehead atoms. The van der Waals surface area contributed by atoms with Gasteiger partial charge in [-0.1, -0.05) is 0 Å². The lowest BCUT2D eigenvalue weighted by atomic mass is 10.3. The number of hydrogen-bond acceptors (Lipinski definition) is 7. The van der Waals surface area contributed by atoms with Gasteiger partial charge in [-0.15, -0.1) is 0 Å². The molecule has 0 aromatic carbocycles. The number of aryl methyl sites for hydroxylation is 1. The van der Waals surface area contributed by atoms with Crippen molar-refractivity contribution in [3.63, 3.8) is 0 Å². The van der Waals surface area contributed by atoms with Crippen LogP contribution in [0.5, 0.6) is 0 Å². The first-order valence-electron chi connectivity index (χ1n) is 7.10. The van der Waals surface area contributed by atoms with E-state index in [-0.39, 0.29) is 25.2 Å². The standard InChI is InChI=1S/C9H14N2O3.C5H8O3/c1-3-14-9(13)8(12)6-11-5-4-10-7(11)2;1-2-7-5(6)4-3-8-4/h4-5,8,12H,3,6H2,1-2H3;4H,2-3H2,1H3. The molecule has 0 aliphatic carbocycles. The highest BCUT2D eigenvalue weighted by Gasteiger charge is 2.32. The molecule has 8 nitrogen and oxygen atoms in total. The van der Waals surface area contributed by atoms with Gasteiger partial charge in [-0.3, -0.25) is 0 Å². The van der Waals surface area contributed by atoms with Gasteiger partial charge >= 0.3 is 11.9 Å². The van der Waals surface area contributed by atoms with Crippen LogP contribution in [0.4, 0.5) is 0 Å². The van der Waals surface area contributed by atoms with Crippen LogP contribution in [0.3, 0.4) is 0 Å². The largest absolute Gasteiger partial charge is 0.464 e. The highest BCUT2D eigenvalue weighted by Crippen LogP contribution is 2.09. The van der Waals surface area contributed by atoms with E-state index in [1.165, 1.54) is 0 Å². The van der Waals surface area contributed by atoms with Crippen molar-refractivity contribution in [2.24, 2.45) is 0 Å². The Labute approximate surface area is 129 Å². The SMILES string of the molecule is CCOC(=O)C(O)Cn1ccnc1C.CCOC(=O)C1CO1. The molecule has 1 saturated heterocycles. The summed E-state index contributed by atoms with van der Waals surface area (Å²) < 4.78 is 15.6. The van der Waals surface area contributed by atoms with Crippen LogP contribution in [0.2, 0.25) is 0 Å². The topological polar surface area (TPSA) is 103 Å². The molecule has 124 valence electrons. The van der Waals surface area contributed by atoms with Crippen LogP contribution >= 0.6 is 0 Å². The molecule has 1 aromatic rings. The quantitative estimate of drug-likeness (QED) is 0.585. The first-order chi connectivity index (χ1) is 10.5. The average molecular weight is 314 g/mol. The molecule has 2 rings (SSSR count). The van der Waals surface area contributed by atoms with Crippen molar-refractivity contribution in [1.82, 2.24) is 9.55 Å². The summed E-state index contributed by atoms with van der Waals surface area (Å²) >= 11 is 0. The number of aliphatic hydroxyl groups is 1. The Bertz CT molecular complexity index is 483. The van der Waals surface area contributed by atoms with Crippen molar-refractivity contribution in [1.29, 1.82) is 0 Å². The third-order valence-corrected chi connectivity index (χ3v) is 2.73. The number of aromatic nitrogens is 2. The van der Waals surface area contributed by atoms with Crippen LogP contribution < -0.4 is 0 Å². The summed E-state index contributed by atoms with van der Waals surface area (Å²) in [4.78, 5) is 25.5. The van der Waals surface area contributed by atoms with Crippen LogP contribution in [0.25, 0.3) is 0 Å². The molecule has 1 aliphatic rings.